The number of fused-ring (bicyclic) bond motifs is 1. The van der Waals surface area contributed by atoms with Crippen LogP contribution in [-0.4, -0.2) is 24.4 Å². The molecule has 0 spiro atoms. The minimum absolute atomic E-state index is 0.0300. The van der Waals surface area contributed by atoms with E-state index in [4.69, 9.17) is 0 Å². The van der Waals surface area contributed by atoms with Crippen molar-refractivity contribution in [2.24, 2.45) is 7.05 Å². The Morgan fingerprint density at radius 1 is 1.33 bits per heavy atom. The Labute approximate surface area is 104 Å². The van der Waals surface area contributed by atoms with Crippen molar-refractivity contribution < 1.29 is 5.11 Å². The number of aliphatic hydroxyl groups excluding tert-OH is 1. The molecule has 5 heteroatoms. The predicted molar refractivity (Wildman–Crippen MR) is 68.0 cm³/mol. The van der Waals surface area contributed by atoms with Crippen molar-refractivity contribution >= 4 is 11.0 Å². The van der Waals surface area contributed by atoms with E-state index in [1.54, 1.807) is 10.9 Å². The van der Waals surface area contributed by atoms with Gasteiger partial charge < -0.3 is 9.67 Å². The van der Waals surface area contributed by atoms with E-state index in [1.165, 1.54) is 0 Å². The summed E-state index contributed by atoms with van der Waals surface area (Å²) in [7, 11) is 1.90. The van der Waals surface area contributed by atoms with E-state index >= 15 is 0 Å². The number of pyridine rings is 1. The summed E-state index contributed by atoms with van der Waals surface area (Å²) in [4.78, 5) is 4.38. The van der Waals surface area contributed by atoms with Gasteiger partial charge in [-0.2, -0.15) is 5.10 Å². The van der Waals surface area contributed by atoms with Crippen LogP contribution in [-0.2, 0) is 20.2 Å². The van der Waals surface area contributed by atoms with Gasteiger partial charge in [0.25, 0.3) is 0 Å². The second kappa shape index (κ2) is 4.27. The number of rotatable bonds is 3. The molecule has 5 nitrogen and oxygen atoms in total. The molecule has 3 aromatic heterocycles. The van der Waals surface area contributed by atoms with E-state index in [0.717, 1.165) is 22.2 Å². The van der Waals surface area contributed by atoms with Crippen LogP contribution in [0.25, 0.3) is 11.0 Å². The number of hydrogen-bond donors (Lipinski definition) is 1. The topological polar surface area (TPSA) is 55.9 Å². The maximum atomic E-state index is 9.36. The lowest BCUT2D eigenvalue weighted by Gasteiger charge is -2.01. The zero-order chi connectivity index (χ0) is 12.5. The third kappa shape index (κ3) is 1.78. The van der Waals surface area contributed by atoms with E-state index in [-0.39, 0.29) is 6.61 Å². The largest absolute Gasteiger partial charge is 0.392 e. The smallest absolute Gasteiger partial charge is 0.140 e. The molecular weight excluding hydrogens is 228 g/mol. The first kappa shape index (κ1) is 11.0. The minimum atomic E-state index is 0.0300. The summed E-state index contributed by atoms with van der Waals surface area (Å²) in [6.07, 6.45) is 7.54. The average molecular weight is 242 g/mol. The minimum Gasteiger partial charge on any atom is -0.392 e. The molecule has 0 aromatic carbocycles. The molecule has 18 heavy (non-hydrogen) atoms. The zero-order valence-electron chi connectivity index (χ0n) is 10.1. The van der Waals surface area contributed by atoms with Crippen LogP contribution in [0, 0.1) is 0 Å². The highest BCUT2D eigenvalue weighted by Gasteiger charge is 2.09. The fourth-order valence-corrected chi connectivity index (χ4v) is 2.19. The molecule has 0 unspecified atom stereocenters. The first-order valence-corrected chi connectivity index (χ1v) is 5.79. The normalized spacial score (nSPS) is 11.2. The Hall–Kier alpha value is -2.14. The molecule has 0 fully saturated rings. The Balaban J connectivity index is 2.06. The molecule has 0 radical (unpaired) electrons. The van der Waals surface area contributed by atoms with Gasteiger partial charge in [0, 0.05) is 42.2 Å². The number of aryl methyl sites for hydroxylation is 1. The molecule has 0 aliphatic rings. The number of hydrogen-bond acceptors (Lipinski definition) is 3. The Kier molecular flexibility index (Phi) is 2.60. The monoisotopic (exact) mass is 242 g/mol. The van der Waals surface area contributed by atoms with Crippen LogP contribution in [0.1, 0.15) is 11.1 Å². The first-order chi connectivity index (χ1) is 8.78. The van der Waals surface area contributed by atoms with Crippen molar-refractivity contribution in [3.8, 4) is 0 Å². The lowest BCUT2D eigenvalue weighted by Crippen LogP contribution is -1.98. The number of nitrogens with zero attached hydrogens (tertiary/aromatic N) is 4. The van der Waals surface area contributed by atoms with Gasteiger partial charge in [0.1, 0.15) is 5.65 Å². The standard InChI is InChI=1S/C13H14N4O/c1-16-6-10(5-15-16)7-17-8-11(9-18)12-3-2-4-14-13(12)17/h2-6,8,18H,7,9H2,1H3. The summed E-state index contributed by atoms with van der Waals surface area (Å²) < 4.78 is 3.82. The Morgan fingerprint density at radius 2 is 2.22 bits per heavy atom. The maximum absolute atomic E-state index is 9.36. The van der Waals surface area contributed by atoms with Crippen molar-refractivity contribution in [1.29, 1.82) is 0 Å². The highest BCUT2D eigenvalue weighted by molar-refractivity contribution is 5.80. The van der Waals surface area contributed by atoms with Gasteiger partial charge in [-0.3, -0.25) is 4.68 Å². The van der Waals surface area contributed by atoms with Gasteiger partial charge in [-0.05, 0) is 12.1 Å². The SMILES string of the molecule is Cn1cc(Cn2cc(CO)c3cccnc32)cn1. The van der Waals surface area contributed by atoms with Gasteiger partial charge in [-0.15, -0.1) is 0 Å². The lowest BCUT2D eigenvalue weighted by molar-refractivity contribution is 0.283. The van der Waals surface area contributed by atoms with Crippen LogP contribution in [0.4, 0.5) is 0 Å². The van der Waals surface area contributed by atoms with Crippen LogP contribution >= 0.6 is 0 Å². The van der Waals surface area contributed by atoms with Crippen LogP contribution in [0.15, 0.2) is 36.9 Å². The summed E-state index contributed by atoms with van der Waals surface area (Å²) in [6.45, 7) is 0.740. The zero-order valence-corrected chi connectivity index (χ0v) is 10.1. The van der Waals surface area contributed by atoms with Crippen molar-refractivity contribution in [3.05, 3.63) is 48.0 Å². The van der Waals surface area contributed by atoms with Gasteiger partial charge in [-0.25, -0.2) is 4.98 Å². The molecule has 0 saturated carbocycles. The van der Waals surface area contributed by atoms with Crippen molar-refractivity contribution in [2.45, 2.75) is 13.2 Å². The highest BCUT2D eigenvalue weighted by atomic mass is 16.3. The summed E-state index contributed by atoms with van der Waals surface area (Å²) in [5.74, 6) is 0. The molecule has 1 N–H and O–H groups in total. The lowest BCUT2D eigenvalue weighted by atomic mass is 10.2. The maximum Gasteiger partial charge on any atom is 0.140 e. The first-order valence-electron chi connectivity index (χ1n) is 5.79. The molecular formula is C13H14N4O. The summed E-state index contributed by atoms with van der Waals surface area (Å²) in [6, 6.07) is 3.86. The van der Waals surface area contributed by atoms with Crippen molar-refractivity contribution in [3.63, 3.8) is 0 Å². The van der Waals surface area contributed by atoms with E-state index in [2.05, 4.69) is 10.1 Å². The molecule has 0 amide bonds. The molecule has 0 bridgehead atoms. The highest BCUT2D eigenvalue weighted by Crippen LogP contribution is 2.20. The van der Waals surface area contributed by atoms with Crippen molar-refractivity contribution in [1.82, 2.24) is 19.3 Å². The average Bonchev–Trinajstić information content (AvgIpc) is 2.95. The van der Waals surface area contributed by atoms with E-state index in [9.17, 15) is 5.11 Å². The van der Waals surface area contributed by atoms with Gasteiger partial charge in [0.2, 0.25) is 0 Å². The molecule has 3 rings (SSSR count). The van der Waals surface area contributed by atoms with Gasteiger partial charge in [0.15, 0.2) is 0 Å². The molecule has 0 atom stereocenters. The van der Waals surface area contributed by atoms with E-state index in [0.29, 0.717) is 6.54 Å². The van der Waals surface area contributed by atoms with Crippen LogP contribution in [0.5, 0.6) is 0 Å². The number of aromatic nitrogens is 4. The summed E-state index contributed by atoms with van der Waals surface area (Å²) in [5.41, 5.74) is 2.91. The Morgan fingerprint density at radius 3 is 2.94 bits per heavy atom. The quantitative estimate of drug-likeness (QED) is 0.753. The van der Waals surface area contributed by atoms with E-state index in [1.807, 2.05) is 42.3 Å². The fourth-order valence-electron chi connectivity index (χ4n) is 2.19. The van der Waals surface area contributed by atoms with Crippen LogP contribution in [0.3, 0.4) is 0 Å². The third-order valence-corrected chi connectivity index (χ3v) is 3.00. The van der Waals surface area contributed by atoms with Gasteiger partial charge in [-0.1, -0.05) is 0 Å². The molecule has 0 saturated heterocycles. The second-order valence-corrected chi connectivity index (χ2v) is 4.34. The Bertz CT molecular complexity index is 683. The van der Waals surface area contributed by atoms with E-state index < -0.39 is 0 Å². The third-order valence-electron chi connectivity index (χ3n) is 3.00. The summed E-state index contributed by atoms with van der Waals surface area (Å²) in [5, 5.41) is 14.5. The van der Waals surface area contributed by atoms with Crippen LogP contribution in [0.2, 0.25) is 0 Å². The predicted octanol–water partition coefficient (Wildman–Crippen LogP) is 1.31. The second-order valence-electron chi connectivity index (χ2n) is 4.34. The summed E-state index contributed by atoms with van der Waals surface area (Å²) >= 11 is 0. The van der Waals surface area contributed by atoms with Gasteiger partial charge >= 0.3 is 0 Å². The van der Waals surface area contributed by atoms with Gasteiger partial charge in [0.05, 0.1) is 19.3 Å². The van der Waals surface area contributed by atoms with Crippen LogP contribution < -0.4 is 0 Å². The fraction of sp³-hybridized carbons (Fsp3) is 0.231. The number of aliphatic hydroxyl groups is 1. The van der Waals surface area contributed by atoms with Crippen molar-refractivity contribution in [2.75, 3.05) is 0 Å². The molecule has 92 valence electrons. The molecule has 0 aliphatic carbocycles. The molecule has 3 aromatic rings. The molecule has 3 heterocycles. The molecule has 0 aliphatic heterocycles.